The summed E-state index contributed by atoms with van der Waals surface area (Å²) in [7, 11) is 0. The molecule has 1 N–H and O–H groups in total. The molecule has 0 saturated carbocycles. The first kappa shape index (κ1) is 12.2. The molecule has 87 valence electrons. The second kappa shape index (κ2) is 4.95. The molecule has 2 aromatic carbocycles. The highest BCUT2D eigenvalue weighted by Crippen LogP contribution is 2.24. The maximum Gasteiger partial charge on any atom is 0.182 e. The van der Waals surface area contributed by atoms with Gasteiger partial charge in [0.1, 0.15) is 5.82 Å². The van der Waals surface area contributed by atoms with Gasteiger partial charge in [0.05, 0.1) is 11.4 Å². The molecular formula is C12H6F3IN. The SMILES string of the molecule is Fc1cc(I)ccc1Nc1[c]ccc(F)c1F. The normalized spacial score (nSPS) is 10.4. The van der Waals surface area contributed by atoms with Crippen molar-refractivity contribution in [2.45, 2.75) is 0 Å². The predicted octanol–water partition coefficient (Wildman–Crippen LogP) is 4.25. The number of benzene rings is 2. The Balaban J connectivity index is 2.35. The molecule has 0 heterocycles. The molecule has 0 aromatic heterocycles. The average Bonchev–Trinajstić information content (AvgIpc) is 2.28. The fourth-order valence-electron chi connectivity index (χ4n) is 1.27. The van der Waals surface area contributed by atoms with Crippen molar-refractivity contribution < 1.29 is 13.2 Å². The van der Waals surface area contributed by atoms with E-state index in [2.05, 4.69) is 11.4 Å². The highest BCUT2D eigenvalue weighted by Gasteiger charge is 2.10. The van der Waals surface area contributed by atoms with Gasteiger partial charge in [-0.05, 0) is 52.9 Å². The van der Waals surface area contributed by atoms with Crippen molar-refractivity contribution >= 4 is 34.0 Å². The fraction of sp³-hybridized carbons (Fsp3) is 0. The first-order chi connectivity index (χ1) is 8.08. The molecule has 2 rings (SSSR count). The molecule has 0 aliphatic heterocycles. The Kier molecular flexibility index (Phi) is 3.56. The summed E-state index contributed by atoms with van der Waals surface area (Å²) in [6.45, 7) is 0. The Bertz CT molecular complexity index is 557. The minimum absolute atomic E-state index is 0.0752. The van der Waals surface area contributed by atoms with E-state index < -0.39 is 17.5 Å². The molecule has 2 aromatic rings. The smallest absolute Gasteiger partial charge is 0.182 e. The van der Waals surface area contributed by atoms with Crippen LogP contribution in [0.25, 0.3) is 0 Å². The van der Waals surface area contributed by atoms with E-state index in [0.29, 0.717) is 3.57 Å². The molecule has 5 heteroatoms. The minimum Gasteiger partial charge on any atom is -0.350 e. The van der Waals surface area contributed by atoms with Crippen molar-refractivity contribution in [2.24, 2.45) is 0 Å². The van der Waals surface area contributed by atoms with Gasteiger partial charge in [-0.25, -0.2) is 13.2 Å². The molecule has 0 fully saturated rings. The number of anilines is 2. The van der Waals surface area contributed by atoms with E-state index in [-0.39, 0.29) is 11.4 Å². The van der Waals surface area contributed by atoms with Crippen LogP contribution in [-0.2, 0) is 0 Å². The number of nitrogens with one attached hydrogen (secondary N) is 1. The monoisotopic (exact) mass is 348 g/mol. The molecule has 0 aliphatic rings. The first-order valence-corrected chi connectivity index (χ1v) is 5.73. The van der Waals surface area contributed by atoms with Crippen molar-refractivity contribution in [2.75, 3.05) is 5.32 Å². The highest BCUT2D eigenvalue weighted by atomic mass is 127. The molecule has 0 saturated heterocycles. The lowest BCUT2D eigenvalue weighted by molar-refractivity contribution is 0.511. The summed E-state index contributed by atoms with van der Waals surface area (Å²) in [5.74, 6) is -2.61. The van der Waals surface area contributed by atoms with Crippen LogP contribution >= 0.6 is 22.6 Å². The van der Waals surface area contributed by atoms with E-state index in [1.54, 1.807) is 6.07 Å². The minimum atomic E-state index is -1.08. The number of hydrogen-bond acceptors (Lipinski definition) is 1. The van der Waals surface area contributed by atoms with E-state index in [9.17, 15) is 13.2 Å². The number of halogens is 4. The highest BCUT2D eigenvalue weighted by molar-refractivity contribution is 14.1. The summed E-state index contributed by atoms with van der Waals surface area (Å²) >= 11 is 1.96. The predicted molar refractivity (Wildman–Crippen MR) is 67.6 cm³/mol. The van der Waals surface area contributed by atoms with Gasteiger partial charge in [-0.15, -0.1) is 0 Å². The van der Waals surface area contributed by atoms with Crippen LogP contribution in [0, 0.1) is 27.1 Å². The van der Waals surface area contributed by atoms with E-state index in [0.717, 1.165) is 6.07 Å². The van der Waals surface area contributed by atoms with Crippen molar-refractivity contribution in [3.05, 3.63) is 57.4 Å². The third-order valence-corrected chi connectivity index (χ3v) is 2.75. The Hall–Kier alpha value is -1.24. The Morgan fingerprint density at radius 3 is 2.53 bits per heavy atom. The van der Waals surface area contributed by atoms with Crippen molar-refractivity contribution in [3.8, 4) is 0 Å². The molecule has 0 aliphatic carbocycles. The lowest BCUT2D eigenvalue weighted by atomic mass is 10.2. The van der Waals surface area contributed by atoms with Crippen LogP contribution < -0.4 is 5.32 Å². The molecule has 17 heavy (non-hydrogen) atoms. The molecule has 0 bridgehead atoms. The van der Waals surface area contributed by atoms with Crippen LogP contribution in [0.4, 0.5) is 24.5 Å². The lowest BCUT2D eigenvalue weighted by Crippen LogP contribution is -1.98. The second-order valence-corrected chi connectivity index (χ2v) is 4.51. The van der Waals surface area contributed by atoms with E-state index in [1.807, 2.05) is 22.6 Å². The Labute approximate surface area is 110 Å². The standard InChI is InChI=1S/C12H6F3IN/c13-8-2-1-3-11(12(8)15)17-10-5-4-7(16)6-9(10)14/h1-2,4-6,17H. The van der Waals surface area contributed by atoms with Crippen molar-refractivity contribution in [1.29, 1.82) is 0 Å². The molecule has 1 nitrogen and oxygen atoms in total. The maximum atomic E-state index is 13.5. The maximum absolute atomic E-state index is 13.5. The first-order valence-electron chi connectivity index (χ1n) is 4.65. The molecule has 0 atom stereocenters. The summed E-state index contributed by atoms with van der Waals surface area (Å²) in [5, 5.41) is 2.46. The number of rotatable bonds is 2. The third kappa shape index (κ3) is 2.71. The van der Waals surface area contributed by atoms with Crippen LogP contribution in [-0.4, -0.2) is 0 Å². The van der Waals surface area contributed by atoms with Crippen LogP contribution in [0.2, 0.25) is 0 Å². The van der Waals surface area contributed by atoms with Gasteiger partial charge in [-0.2, -0.15) is 0 Å². The van der Waals surface area contributed by atoms with Crippen molar-refractivity contribution in [1.82, 2.24) is 0 Å². The van der Waals surface area contributed by atoms with Gasteiger partial charge in [0.25, 0.3) is 0 Å². The lowest BCUT2D eigenvalue weighted by Gasteiger charge is -2.08. The van der Waals surface area contributed by atoms with Gasteiger partial charge < -0.3 is 5.32 Å². The van der Waals surface area contributed by atoms with Crippen LogP contribution in [0.1, 0.15) is 0 Å². The van der Waals surface area contributed by atoms with Gasteiger partial charge in [-0.1, -0.05) is 0 Å². The summed E-state index contributed by atoms with van der Waals surface area (Å²) in [5.41, 5.74) is -0.142. The van der Waals surface area contributed by atoms with Crippen LogP contribution in [0.15, 0.2) is 30.3 Å². The summed E-state index contributed by atoms with van der Waals surface area (Å²) in [4.78, 5) is 0. The molecule has 0 amide bonds. The summed E-state index contributed by atoms with van der Waals surface area (Å²) < 4.78 is 40.4. The quantitative estimate of drug-likeness (QED) is 0.800. The van der Waals surface area contributed by atoms with Gasteiger partial charge in [-0.3, -0.25) is 0 Å². The molecule has 0 spiro atoms. The average molecular weight is 348 g/mol. The molecule has 0 unspecified atom stereocenters. The van der Waals surface area contributed by atoms with Gasteiger partial charge >= 0.3 is 0 Å². The number of hydrogen-bond donors (Lipinski definition) is 1. The molecular weight excluding hydrogens is 342 g/mol. The van der Waals surface area contributed by atoms with E-state index in [1.165, 1.54) is 18.2 Å². The fourth-order valence-corrected chi connectivity index (χ4v) is 1.72. The second-order valence-electron chi connectivity index (χ2n) is 3.26. The zero-order valence-electron chi connectivity index (χ0n) is 8.40. The van der Waals surface area contributed by atoms with Crippen LogP contribution in [0.3, 0.4) is 0 Å². The molecule has 1 radical (unpaired) electrons. The van der Waals surface area contributed by atoms with E-state index >= 15 is 0 Å². The van der Waals surface area contributed by atoms with Gasteiger partial charge in [0.2, 0.25) is 0 Å². The van der Waals surface area contributed by atoms with Gasteiger partial charge in [0.15, 0.2) is 11.6 Å². The topological polar surface area (TPSA) is 12.0 Å². The Morgan fingerprint density at radius 1 is 1.06 bits per heavy atom. The zero-order chi connectivity index (χ0) is 12.4. The zero-order valence-corrected chi connectivity index (χ0v) is 10.6. The Morgan fingerprint density at radius 2 is 1.82 bits per heavy atom. The largest absolute Gasteiger partial charge is 0.350 e. The summed E-state index contributed by atoms with van der Waals surface area (Å²) in [6, 6.07) is 9.05. The third-order valence-electron chi connectivity index (χ3n) is 2.08. The summed E-state index contributed by atoms with van der Waals surface area (Å²) in [6.07, 6.45) is 0. The van der Waals surface area contributed by atoms with E-state index in [4.69, 9.17) is 0 Å². The van der Waals surface area contributed by atoms with Crippen LogP contribution in [0.5, 0.6) is 0 Å². The van der Waals surface area contributed by atoms with Gasteiger partial charge in [0, 0.05) is 9.64 Å². The van der Waals surface area contributed by atoms with Crippen molar-refractivity contribution in [3.63, 3.8) is 0 Å².